The first-order valence-corrected chi connectivity index (χ1v) is 4.04. The average molecular weight is 246 g/mol. The van der Waals surface area contributed by atoms with Gasteiger partial charge in [-0.2, -0.15) is 22.0 Å². The summed E-state index contributed by atoms with van der Waals surface area (Å²) in [6.07, 6.45) is -5.65. The molecule has 7 heteroatoms. The van der Waals surface area contributed by atoms with Gasteiger partial charge in [0, 0.05) is 5.56 Å². The smallest absolute Gasteiger partial charge is 0.398 e. The van der Waals surface area contributed by atoms with Gasteiger partial charge in [-0.15, -0.1) is 0 Å². The largest absolute Gasteiger partial charge is 0.458 e. The zero-order chi connectivity index (χ0) is 11.9. The van der Waals surface area contributed by atoms with Crippen LogP contribution in [0.5, 0.6) is 0 Å². The number of nitrogens with two attached hydrogens (primary N) is 1. The van der Waals surface area contributed by atoms with E-state index in [1.54, 1.807) is 0 Å². The van der Waals surface area contributed by atoms with E-state index in [0.717, 1.165) is 6.07 Å². The fourth-order valence-corrected chi connectivity index (χ4v) is 1.07. The van der Waals surface area contributed by atoms with E-state index >= 15 is 0 Å². The molecule has 0 unspecified atom stereocenters. The monoisotopic (exact) mass is 245 g/mol. The van der Waals surface area contributed by atoms with Gasteiger partial charge in [-0.1, -0.05) is 17.7 Å². The van der Waals surface area contributed by atoms with Crippen LogP contribution in [0.25, 0.3) is 0 Å². The lowest BCUT2D eigenvalue weighted by Crippen LogP contribution is -2.33. The van der Waals surface area contributed by atoms with Crippen molar-refractivity contribution < 1.29 is 22.0 Å². The minimum atomic E-state index is -5.65. The van der Waals surface area contributed by atoms with Gasteiger partial charge in [0.15, 0.2) is 0 Å². The van der Waals surface area contributed by atoms with Gasteiger partial charge in [-0.25, -0.2) is 0 Å². The Morgan fingerprint density at radius 1 is 1.07 bits per heavy atom. The lowest BCUT2D eigenvalue weighted by atomic mass is 10.1. The molecule has 2 N–H and O–H groups in total. The molecule has 0 saturated carbocycles. The number of hydrogen-bond acceptors (Lipinski definition) is 1. The van der Waals surface area contributed by atoms with Gasteiger partial charge in [0.1, 0.15) is 0 Å². The molecule has 1 aromatic carbocycles. The number of anilines is 1. The van der Waals surface area contributed by atoms with Crippen LogP contribution < -0.4 is 5.73 Å². The van der Waals surface area contributed by atoms with Gasteiger partial charge >= 0.3 is 12.1 Å². The molecule has 0 spiro atoms. The first-order chi connectivity index (χ1) is 6.66. The van der Waals surface area contributed by atoms with Crippen LogP contribution in [0.4, 0.5) is 27.6 Å². The predicted molar refractivity (Wildman–Crippen MR) is 45.8 cm³/mol. The lowest BCUT2D eigenvalue weighted by molar-refractivity contribution is -0.289. The molecule has 0 heterocycles. The highest BCUT2D eigenvalue weighted by Gasteiger charge is 2.58. The van der Waals surface area contributed by atoms with Crippen molar-refractivity contribution in [1.82, 2.24) is 0 Å². The third-order valence-corrected chi connectivity index (χ3v) is 2.05. The number of rotatable bonds is 1. The normalized spacial score (nSPS) is 12.9. The first-order valence-electron chi connectivity index (χ1n) is 3.66. The molecule has 0 aliphatic rings. The Labute approximate surface area is 86.6 Å². The van der Waals surface area contributed by atoms with Crippen LogP contribution in [0.15, 0.2) is 18.2 Å². The number of alkyl halides is 5. The summed E-state index contributed by atoms with van der Waals surface area (Å²) in [6.45, 7) is 0. The second-order valence-electron chi connectivity index (χ2n) is 2.81. The summed E-state index contributed by atoms with van der Waals surface area (Å²) in [4.78, 5) is 0. The molecule has 1 aromatic rings. The average Bonchev–Trinajstić information content (AvgIpc) is 2.07. The van der Waals surface area contributed by atoms with Crippen LogP contribution in [0.3, 0.4) is 0 Å². The molecule has 84 valence electrons. The summed E-state index contributed by atoms with van der Waals surface area (Å²) in [7, 11) is 0. The summed E-state index contributed by atoms with van der Waals surface area (Å²) in [5, 5.41) is -0.337. The zero-order valence-electron chi connectivity index (χ0n) is 7.08. The van der Waals surface area contributed by atoms with E-state index in [-0.39, 0.29) is 10.7 Å². The van der Waals surface area contributed by atoms with E-state index < -0.39 is 17.7 Å². The molecule has 0 amide bonds. The Bertz CT molecular complexity index is 374. The van der Waals surface area contributed by atoms with Gasteiger partial charge < -0.3 is 5.73 Å². The summed E-state index contributed by atoms with van der Waals surface area (Å²) in [5.41, 5.74) is 3.90. The fraction of sp³-hybridized carbons (Fsp3) is 0.250. The van der Waals surface area contributed by atoms with Crippen LogP contribution in [0, 0.1) is 0 Å². The molecule has 0 radical (unpaired) electrons. The quantitative estimate of drug-likeness (QED) is 0.594. The van der Waals surface area contributed by atoms with Crippen LogP contribution in [-0.4, -0.2) is 6.18 Å². The Morgan fingerprint density at radius 3 is 2.00 bits per heavy atom. The molecule has 1 rings (SSSR count). The summed E-state index contributed by atoms with van der Waals surface area (Å²) in [5.74, 6) is -4.93. The van der Waals surface area contributed by atoms with E-state index in [2.05, 4.69) is 0 Å². The maximum Gasteiger partial charge on any atom is 0.458 e. The van der Waals surface area contributed by atoms with Crippen LogP contribution >= 0.6 is 11.6 Å². The van der Waals surface area contributed by atoms with Crippen molar-refractivity contribution in [2.45, 2.75) is 12.1 Å². The van der Waals surface area contributed by atoms with Crippen LogP contribution in [0.2, 0.25) is 5.02 Å². The molecule has 1 nitrogen and oxygen atoms in total. The molecule has 0 saturated heterocycles. The van der Waals surface area contributed by atoms with E-state index in [4.69, 9.17) is 17.3 Å². The minimum absolute atomic E-state index is 0.0570. The third-order valence-electron chi connectivity index (χ3n) is 1.72. The first kappa shape index (κ1) is 12.0. The number of halogens is 6. The van der Waals surface area contributed by atoms with Crippen LogP contribution in [0.1, 0.15) is 5.56 Å². The van der Waals surface area contributed by atoms with Gasteiger partial charge in [-0.05, 0) is 12.1 Å². The highest BCUT2D eigenvalue weighted by Crippen LogP contribution is 2.44. The third kappa shape index (κ3) is 2.14. The lowest BCUT2D eigenvalue weighted by Gasteiger charge is -2.20. The molecular formula is C8H5ClF5N. The number of hydrogen-bond donors (Lipinski definition) is 1. The predicted octanol–water partition coefficient (Wildman–Crippen LogP) is 3.58. The van der Waals surface area contributed by atoms with Gasteiger partial charge in [0.2, 0.25) is 0 Å². The standard InChI is InChI=1S/C8H5ClF5N/c9-5-3-4(1-2-6(5)15)7(10,11)8(12,13)14/h1-3H,15H2. The molecule has 0 atom stereocenters. The fourth-order valence-electron chi connectivity index (χ4n) is 0.886. The zero-order valence-corrected chi connectivity index (χ0v) is 7.83. The van der Waals surface area contributed by atoms with Crippen molar-refractivity contribution >= 4 is 17.3 Å². The summed E-state index contributed by atoms with van der Waals surface area (Å²) < 4.78 is 61.3. The van der Waals surface area contributed by atoms with Crippen molar-refractivity contribution in [3.8, 4) is 0 Å². The van der Waals surface area contributed by atoms with Crippen molar-refractivity contribution in [1.29, 1.82) is 0 Å². The van der Waals surface area contributed by atoms with E-state index in [1.807, 2.05) is 0 Å². The highest BCUT2D eigenvalue weighted by atomic mass is 35.5. The van der Waals surface area contributed by atoms with Crippen LogP contribution in [-0.2, 0) is 5.92 Å². The Morgan fingerprint density at radius 2 is 1.60 bits per heavy atom. The van der Waals surface area contributed by atoms with Gasteiger partial charge in [0.05, 0.1) is 10.7 Å². The van der Waals surface area contributed by atoms with E-state index in [0.29, 0.717) is 12.1 Å². The second kappa shape index (κ2) is 3.52. The molecule has 0 aliphatic carbocycles. The molecule has 0 fully saturated rings. The van der Waals surface area contributed by atoms with Gasteiger partial charge in [-0.3, -0.25) is 0 Å². The molecule has 0 aromatic heterocycles. The van der Waals surface area contributed by atoms with Crippen molar-refractivity contribution in [2.24, 2.45) is 0 Å². The highest BCUT2D eigenvalue weighted by molar-refractivity contribution is 6.33. The number of nitrogen functional groups attached to an aromatic ring is 1. The van der Waals surface area contributed by atoms with E-state index in [1.165, 1.54) is 0 Å². The SMILES string of the molecule is Nc1ccc(C(F)(F)C(F)(F)F)cc1Cl. The second-order valence-corrected chi connectivity index (χ2v) is 3.22. The number of benzene rings is 1. The Kier molecular flexibility index (Phi) is 2.82. The summed E-state index contributed by atoms with van der Waals surface area (Å²) in [6, 6.07) is 2.00. The molecule has 15 heavy (non-hydrogen) atoms. The Hall–Kier alpha value is -1.04. The van der Waals surface area contributed by atoms with Crippen molar-refractivity contribution in [2.75, 3.05) is 5.73 Å². The minimum Gasteiger partial charge on any atom is -0.398 e. The molecule has 0 aliphatic heterocycles. The molecular weight excluding hydrogens is 241 g/mol. The molecule has 0 bridgehead atoms. The van der Waals surface area contributed by atoms with Crippen molar-refractivity contribution in [3.05, 3.63) is 28.8 Å². The Balaban J connectivity index is 3.22. The van der Waals surface area contributed by atoms with Gasteiger partial charge in [0.25, 0.3) is 0 Å². The summed E-state index contributed by atoms with van der Waals surface area (Å²) >= 11 is 5.34. The van der Waals surface area contributed by atoms with Crippen molar-refractivity contribution in [3.63, 3.8) is 0 Å². The topological polar surface area (TPSA) is 26.0 Å². The van der Waals surface area contributed by atoms with E-state index in [9.17, 15) is 22.0 Å². The maximum absolute atomic E-state index is 12.8. The maximum atomic E-state index is 12.8.